The van der Waals surface area contributed by atoms with Gasteiger partial charge in [-0.25, -0.2) is 14.7 Å². The van der Waals surface area contributed by atoms with Crippen LogP contribution in [0.1, 0.15) is 29.3 Å². The molecule has 0 N–H and O–H groups in total. The second-order valence-electron chi connectivity index (χ2n) is 9.81. The minimum Gasteiger partial charge on any atom is -0.487 e. The molecule has 0 saturated carbocycles. The quantitative estimate of drug-likeness (QED) is 0.189. The van der Waals surface area contributed by atoms with Gasteiger partial charge in [-0.1, -0.05) is 60.1 Å². The summed E-state index contributed by atoms with van der Waals surface area (Å²) in [5.41, 5.74) is 4.74. The Morgan fingerprint density at radius 1 is 1.15 bits per heavy atom. The maximum absolute atomic E-state index is 13.6. The number of aromatic nitrogens is 1. The summed E-state index contributed by atoms with van der Waals surface area (Å²) in [7, 11) is 0. The van der Waals surface area contributed by atoms with Crippen LogP contribution in [0.25, 0.3) is 10.6 Å². The number of aryl methyl sites for hydroxylation is 1. The van der Waals surface area contributed by atoms with Crippen LogP contribution >= 0.6 is 22.9 Å². The van der Waals surface area contributed by atoms with Crippen molar-refractivity contribution in [1.29, 1.82) is 0 Å². The van der Waals surface area contributed by atoms with Crippen molar-refractivity contribution in [2.45, 2.75) is 45.4 Å². The van der Waals surface area contributed by atoms with Crippen LogP contribution in [0.2, 0.25) is 5.02 Å². The van der Waals surface area contributed by atoms with Crippen molar-refractivity contribution in [2.24, 2.45) is 0 Å². The Bertz CT molecular complexity index is 1510. The SMILES string of the molecule is CCO[C@@H](Cc1ccc(OCc2csc(-c3cccc(Cl)c3)n2)cc1C)C(=O)N1C(=O)OCC1Cc1ccccc1. The number of benzene rings is 3. The van der Waals surface area contributed by atoms with Gasteiger partial charge < -0.3 is 14.2 Å². The maximum atomic E-state index is 13.6. The molecule has 5 rings (SSSR count). The largest absolute Gasteiger partial charge is 0.487 e. The summed E-state index contributed by atoms with van der Waals surface area (Å²) in [5.74, 6) is 0.322. The van der Waals surface area contributed by atoms with E-state index in [1.165, 1.54) is 4.90 Å². The smallest absolute Gasteiger partial charge is 0.417 e. The van der Waals surface area contributed by atoms with E-state index in [1.54, 1.807) is 11.3 Å². The standard InChI is InChI=1S/C32H31ClN2O5S/c1-3-38-29(31(36)35-27(19-40-32(35)37)15-22-8-5-4-6-9-22)17-23-12-13-28(14-21(23)2)39-18-26-20-41-30(34-26)24-10-7-11-25(33)16-24/h4-14,16,20,27,29H,3,15,17-19H2,1-2H3/t27?,29-/m0/s1. The lowest BCUT2D eigenvalue weighted by atomic mass is 10.0. The van der Waals surface area contributed by atoms with Gasteiger partial charge in [-0.15, -0.1) is 11.3 Å². The van der Waals surface area contributed by atoms with Crippen LogP contribution in [-0.2, 0) is 33.7 Å². The first-order valence-corrected chi connectivity index (χ1v) is 14.7. The molecule has 3 aromatic carbocycles. The summed E-state index contributed by atoms with van der Waals surface area (Å²) >= 11 is 7.66. The fourth-order valence-electron chi connectivity index (χ4n) is 4.81. The van der Waals surface area contributed by atoms with Crippen molar-refractivity contribution in [3.05, 3.63) is 106 Å². The van der Waals surface area contributed by atoms with E-state index in [0.717, 1.165) is 33.0 Å². The summed E-state index contributed by atoms with van der Waals surface area (Å²) < 4.78 is 17.1. The lowest BCUT2D eigenvalue weighted by molar-refractivity contribution is -0.141. The zero-order chi connectivity index (χ0) is 28.8. The molecule has 0 radical (unpaired) electrons. The minimum absolute atomic E-state index is 0.170. The molecule has 0 spiro atoms. The Morgan fingerprint density at radius 3 is 2.73 bits per heavy atom. The molecule has 2 atom stereocenters. The molecule has 0 aliphatic carbocycles. The highest BCUT2D eigenvalue weighted by atomic mass is 35.5. The topological polar surface area (TPSA) is 78.0 Å². The minimum atomic E-state index is -0.811. The Kier molecular flexibility index (Phi) is 9.34. The van der Waals surface area contributed by atoms with Gasteiger partial charge in [0.2, 0.25) is 0 Å². The average Bonchev–Trinajstić information content (AvgIpc) is 3.59. The van der Waals surface area contributed by atoms with Gasteiger partial charge in [0.05, 0.1) is 11.7 Å². The first-order valence-electron chi connectivity index (χ1n) is 13.5. The maximum Gasteiger partial charge on any atom is 0.417 e. The van der Waals surface area contributed by atoms with Crippen LogP contribution in [0.15, 0.2) is 78.2 Å². The number of imide groups is 1. The first-order chi connectivity index (χ1) is 19.9. The molecule has 0 bridgehead atoms. The van der Waals surface area contributed by atoms with E-state index in [1.807, 2.05) is 92.0 Å². The number of rotatable bonds is 11. The molecular weight excluding hydrogens is 560 g/mol. The zero-order valence-corrected chi connectivity index (χ0v) is 24.5. The third-order valence-corrected chi connectivity index (χ3v) is 8.06. The van der Waals surface area contributed by atoms with Crippen LogP contribution in [0.4, 0.5) is 4.79 Å². The van der Waals surface area contributed by atoms with E-state index in [9.17, 15) is 9.59 Å². The summed E-state index contributed by atoms with van der Waals surface area (Å²) in [6.07, 6.45) is -0.576. The molecule has 212 valence electrons. The van der Waals surface area contributed by atoms with E-state index < -0.39 is 12.2 Å². The van der Waals surface area contributed by atoms with E-state index in [2.05, 4.69) is 4.98 Å². The number of nitrogens with zero attached hydrogens (tertiary/aromatic N) is 2. The van der Waals surface area contributed by atoms with Gasteiger partial charge in [-0.2, -0.15) is 0 Å². The van der Waals surface area contributed by atoms with Crippen LogP contribution in [-0.4, -0.2) is 47.2 Å². The fourth-order valence-corrected chi connectivity index (χ4v) is 5.80. The molecule has 1 aliphatic heterocycles. The van der Waals surface area contributed by atoms with Gasteiger partial charge in [0.1, 0.15) is 30.1 Å². The molecule has 1 aliphatic rings. The third-order valence-electron chi connectivity index (χ3n) is 6.89. The second-order valence-corrected chi connectivity index (χ2v) is 11.1. The number of cyclic esters (lactones) is 1. The zero-order valence-electron chi connectivity index (χ0n) is 22.9. The number of hydrogen-bond acceptors (Lipinski definition) is 7. The van der Waals surface area contributed by atoms with Crippen molar-refractivity contribution in [3.63, 3.8) is 0 Å². The predicted molar refractivity (Wildman–Crippen MR) is 159 cm³/mol. The Balaban J connectivity index is 1.23. The molecule has 41 heavy (non-hydrogen) atoms. The number of thiazole rings is 1. The Morgan fingerprint density at radius 2 is 1.98 bits per heavy atom. The Labute approximate surface area is 248 Å². The van der Waals surface area contributed by atoms with Gasteiger partial charge in [0.25, 0.3) is 5.91 Å². The number of ether oxygens (including phenoxy) is 3. The molecule has 4 aromatic rings. The van der Waals surface area contributed by atoms with Crippen molar-refractivity contribution in [3.8, 4) is 16.3 Å². The predicted octanol–water partition coefficient (Wildman–Crippen LogP) is 6.89. The number of halogens is 1. The molecule has 2 heterocycles. The molecule has 1 fully saturated rings. The molecule has 1 aromatic heterocycles. The average molecular weight is 591 g/mol. The normalized spacial score (nSPS) is 15.5. The van der Waals surface area contributed by atoms with Crippen LogP contribution in [0.5, 0.6) is 5.75 Å². The van der Waals surface area contributed by atoms with Crippen LogP contribution in [0, 0.1) is 6.92 Å². The van der Waals surface area contributed by atoms with Gasteiger partial charge in [-0.05, 0) is 61.2 Å². The number of hydrogen-bond donors (Lipinski definition) is 0. The van der Waals surface area contributed by atoms with Gasteiger partial charge in [0, 0.05) is 29.0 Å². The van der Waals surface area contributed by atoms with E-state index >= 15 is 0 Å². The first kappa shape index (κ1) is 28.8. The second kappa shape index (κ2) is 13.3. The van der Waals surface area contributed by atoms with Crippen molar-refractivity contribution < 1.29 is 23.8 Å². The van der Waals surface area contributed by atoms with Crippen LogP contribution < -0.4 is 4.74 Å². The molecule has 9 heteroatoms. The van der Waals surface area contributed by atoms with Crippen molar-refractivity contribution in [1.82, 2.24) is 9.88 Å². The summed E-state index contributed by atoms with van der Waals surface area (Å²) in [6, 6.07) is 22.8. The summed E-state index contributed by atoms with van der Waals surface area (Å²) in [6.45, 7) is 4.65. The highest BCUT2D eigenvalue weighted by Crippen LogP contribution is 2.27. The summed E-state index contributed by atoms with van der Waals surface area (Å²) in [5, 5.41) is 3.54. The molecular formula is C32H31ClN2O5S. The molecule has 7 nitrogen and oxygen atoms in total. The lowest BCUT2D eigenvalue weighted by Crippen LogP contribution is -2.47. The van der Waals surface area contributed by atoms with Gasteiger partial charge >= 0.3 is 6.09 Å². The van der Waals surface area contributed by atoms with E-state index in [0.29, 0.717) is 36.8 Å². The lowest BCUT2D eigenvalue weighted by Gasteiger charge is -2.25. The third kappa shape index (κ3) is 7.14. The Hall–Kier alpha value is -3.72. The van der Waals surface area contributed by atoms with Crippen LogP contribution in [0.3, 0.4) is 0 Å². The highest BCUT2D eigenvalue weighted by Gasteiger charge is 2.41. The van der Waals surface area contributed by atoms with Gasteiger partial charge in [-0.3, -0.25) is 4.79 Å². The molecule has 2 amide bonds. The number of amides is 2. The molecule has 1 saturated heterocycles. The number of carbonyl (C=O) groups is 2. The van der Waals surface area contributed by atoms with Crippen molar-refractivity contribution >= 4 is 34.9 Å². The fraction of sp³-hybridized carbons (Fsp3) is 0.281. The summed E-state index contributed by atoms with van der Waals surface area (Å²) in [4.78, 5) is 32.0. The van der Waals surface area contributed by atoms with Gasteiger partial charge in [0.15, 0.2) is 0 Å². The van der Waals surface area contributed by atoms with E-state index in [4.69, 9.17) is 25.8 Å². The molecule has 1 unspecified atom stereocenters. The van der Waals surface area contributed by atoms with E-state index in [-0.39, 0.29) is 18.6 Å². The monoisotopic (exact) mass is 590 g/mol. The van der Waals surface area contributed by atoms with Crippen molar-refractivity contribution in [2.75, 3.05) is 13.2 Å². The highest BCUT2D eigenvalue weighted by molar-refractivity contribution is 7.13. The number of carbonyl (C=O) groups excluding carboxylic acids is 2.